The van der Waals surface area contributed by atoms with Crippen LogP contribution in [0.25, 0.3) is 0 Å². The minimum atomic E-state index is -0.0587. The minimum absolute atomic E-state index is 0.0504. The Morgan fingerprint density at radius 1 is 1.10 bits per heavy atom. The molecule has 0 spiro atoms. The van der Waals surface area contributed by atoms with Gasteiger partial charge in [-0.1, -0.05) is 24.6 Å². The van der Waals surface area contributed by atoms with Crippen LogP contribution in [0.4, 0.5) is 0 Å². The molecule has 3 heteroatoms. The highest BCUT2D eigenvalue weighted by Gasteiger charge is 2.36. The highest BCUT2D eigenvalue weighted by molar-refractivity contribution is 5.37. The molecule has 1 heterocycles. The molecule has 118 valence electrons. The van der Waals surface area contributed by atoms with Crippen molar-refractivity contribution in [2.75, 3.05) is 13.1 Å². The first-order chi connectivity index (χ1) is 9.93. The summed E-state index contributed by atoms with van der Waals surface area (Å²) >= 11 is 0. The summed E-state index contributed by atoms with van der Waals surface area (Å²) < 4.78 is 5.95. The van der Waals surface area contributed by atoms with E-state index in [1.807, 2.05) is 12.1 Å². The van der Waals surface area contributed by atoms with Crippen LogP contribution in [-0.4, -0.2) is 29.6 Å². The highest BCUT2D eigenvalue weighted by Crippen LogP contribution is 2.35. The number of nitrogens with two attached hydrogens (primary N) is 1. The van der Waals surface area contributed by atoms with Crippen molar-refractivity contribution in [2.24, 2.45) is 5.73 Å². The minimum Gasteiger partial charge on any atom is -0.491 e. The number of benzene rings is 1. The van der Waals surface area contributed by atoms with Crippen LogP contribution in [0.1, 0.15) is 58.6 Å². The molecule has 0 saturated carbocycles. The molecule has 1 aromatic rings. The third-order valence-corrected chi connectivity index (χ3v) is 4.55. The Morgan fingerprint density at radius 3 is 2.33 bits per heavy atom. The lowest BCUT2D eigenvalue weighted by Crippen LogP contribution is -2.53. The van der Waals surface area contributed by atoms with E-state index in [-0.39, 0.29) is 17.7 Å². The Bertz CT molecular complexity index is 450. The van der Waals surface area contributed by atoms with Crippen LogP contribution in [0, 0.1) is 0 Å². The van der Waals surface area contributed by atoms with Crippen molar-refractivity contribution in [3.63, 3.8) is 0 Å². The molecule has 0 aliphatic carbocycles. The maximum Gasteiger partial charge on any atom is 0.124 e. The fraction of sp³-hybridized carbons (Fsp3) is 0.667. The first kappa shape index (κ1) is 16.3. The largest absolute Gasteiger partial charge is 0.491 e. The third-order valence-electron chi connectivity index (χ3n) is 4.55. The van der Waals surface area contributed by atoms with Crippen molar-refractivity contribution in [3.8, 4) is 5.75 Å². The number of para-hydroxylation sites is 1. The molecule has 1 aliphatic rings. The predicted molar refractivity (Wildman–Crippen MR) is 88.6 cm³/mol. The molecule has 0 radical (unpaired) electrons. The zero-order valence-electron chi connectivity index (χ0n) is 13.9. The van der Waals surface area contributed by atoms with Crippen LogP contribution in [0.3, 0.4) is 0 Å². The second kappa shape index (κ2) is 6.80. The number of hydrogen-bond acceptors (Lipinski definition) is 3. The van der Waals surface area contributed by atoms with Gasteiger partial charge in [0.1, 0.15) is 5.75 Å². The maximum absolute atomic E-state index is 6.66. The number of nitrogens with zero attached hydrogens (tertiary/aromatic N) is 1. The maximum atomic E-state index is 6.66. The van der Waals surface area contributed by atoms with Crippen LogP contribution in [0.5, 0.6) is 5.75 Å². The Balaban J connectivity index is 2.23. The van der Waals surface area contributed by atoms with E-state index in [0.717, 1.165) is 24.4 Å². The van der Waals surface area contributed by atoms with Gasteiger partial charge in [-0.2, -0.15) is 0 Å². The molecule has 2 N–H and O–H groups in total. The van der Waals surface area contributed by atoms with Crippen LogP contribution < -0.4 is 10.5 Å². The molecular formula is C18H30N2O. The summed E-state index contributed by atoms with van der Waals surface area (Å²) in [5, 5.41) is 0. The molecule has 0 bridgehead atoms. The monoisotopic (exact) mass is 290 g/mol. The number of rotatable bonds is 5. The fourth-order valence-corrected chi connectivity index (χ4v) is 3.15. The lowest BCUT2D eigenvalue weighted by Gasteiger charge is -2.45. The fourth-order valence-electron chi connectivity index (χ4n) is 3.15. The van der Waals surface area contributed by atoms with Crippen molar-refractivity contribution < 1.29 is 4.74 Å². The average Bonchev–Trinajstić information content (AvgIpc) is 2.47. The van der Waals surface area contributed by atoms with Gasteiger partial charge < -0.3 is 10.5 Å². The van der Waals surface area contributed by atoms with E-state index in [1.54, 1.807) is 0 Å². The summed E-state index contributed by atoms with van der Waals surface area (Å²) in [5.74, 6) is 0.921. The molecule has 1 aromatic carbocycles. The first-order valence-corrected chi connectivity index (χ1v) is 8.19. The summed E-state index contributed by atoms with van der Waals surface area (Å²) in [6.07, 6.45) is 4.06. The van der Waals surface area contributed by atoms with Gasteiger partial charge in [0.05, 0.1) is 12.1 Å². The van der Waals surface area contributed by atoms with E-state index >= 15 is 0 Å². The highest BCUT2D eigenvalue weighted by atomic mass is 16.5. The van der Waals surface area contributed by atoms with Gasteiger partial charge in [0.25, 0.3) is 0 Å². The Kier molecular flexibility index (Phi) is 5.28. The van der Waals surface area contributed by atoms with Crippen LogP contribution >= 0.6 is 0 Å². The molecule has 1 aliphatic heterocycles. The standard InChI is InChI=1S/C18H30N2O/c1-14(2)21-16-11-7-6-10-15(16)17(19)18(3,4)20-12-8-5-9-13-20/h6-7,10-11,14,17H,5,8-9,12-13,19H2,1-4H3. The van der Waals surface area contributed by atoms with Crippen molar-refractivity contribution in [2.45, 2.75) is 64.6 Å². The van der Waals surface area contributed by atoms with Crippen molar-refractivity contribution in [1.29, 1.82) is 0 Å². The molecular weight excluding hydrogens is 260 g/mol. The lowest BCUT2D eigenvalue weighted by molar-refractivity contribution is 0.0716. The van der Waals surface area contributed by atoms with E-state index in [4.69, 9.17) is 10.5 Å². The number of likely N-dealkylation sites (tertiary alicyclic amines) is 1. The molecule has 1 saturated heterocycles. The normalized spacial score (nSPS) is 18.8. The van der Waals surface area contributed by atoms with E-state index in [0.29, 0.717) is 0 Å². The number of ether oxygens (including phenoxy) is 1. The van der Waals surface area contributed by atoms with Gasteiger partial charge in [-0.25, -0.2) is 0 Å². The van der Waals surface area contributed by atoms with Crippen molar-refractivity contribution in [3.05, 3.63) is 29.8 Å². The Labute approximate surface area is 129 Å². The summed E-state index contributed by atoms with van der Waals surface area (Å²) in [6.45, 7) is 10.9. The van der Waals surface area contributed by atoms with Crippen LogP contribution in [0.15, 0.2) is 24.3 Å². The topological polar surface area (TPSA) is 38.5 Å². The zero-order valence-corrected chi connectivity index (χ0v) is 13.9. The van der Waals surface area contributed by atoms with Crippen molar-refractivity contribution in [1.82, 2.24) is 4.90 Å². The summed E-state index contributed by atoms with van der Waals surface area (Å²) in [4.78, 5) is 2.54. The SMILES string of the molecule is CC(C)Oc1ccccc1C(N)C(C)(C)N1CCCCC1. The number of piperidine rings is 1. The molecule has 1 unspecified atom stereocenters. The van der Waals surface area contributed by atoms with Gasteiger partial charge >= 0.3 is 0 Å². The summed E-state index contributed by atoms with van der Waals surface area (Å²) in [5.41, 5.74) is 7.71. The molecule has 0 aromatic heterocycles. The number of hydrogen-bond donors (Lipinski definition) is 1. The molecule has 3 nitrogen and oxygen atoms in total. The smallest absolute Gasteiger partial charge is 0.124 e. The molecule has 2 rings (SSSR count). The van der Waals surface area contributed by atoms with Crippen LogP contribution in [-0.2, 0) is 0 Å². The van der Waals surface area contributed by atoms with Gasteiger partial charge in [0, 0.05) is 11.1 Å². The molecule has 1 atom stereocenters. The van der Waals surface area contributed by atoms with Crippen LogP contribution in [0.2, 0.25) is 0 Å². The first-order valence-electron chi connectivity index (χ1n) is 8.19. The summed E-state index contributed by atoms with van der Waals surface area (Å²) in [7, 11) is 0. The van der Waals surface area contributed by atoms with Gasteiger partial charge in [-0.05, 0) is 59.7 Å². The predicted octanol–water partition coefficient (Wildman–Crippen LogP) is 3.74. The van der Waals surface area contributed by atoms with E-state index in [1.165, 1.54) is 19.3 Å². The van der Waals surface area contributed by atoms with E-state index in [9.17, 15) is 0 Å². The Morgan fingerprint density at radius 2 is 1.71 bits per heavy atom. The van der Waals surface area contributed by atoms with Gasteiger partial charge in [-0.15, -0.1) is 0 Å². The van der Waals surface area contributed by atoms with Crippen molar-refractivity contribution >= 4 is 0 Å². The average molecular weight is 290 g/mol. The quantitative estimate of drug-likeness (QED) is 0.898. The third kappa shape index (κ3) is 3.78. The zero-order chi connectivity index (χ0) is 15.5. The molecule has 21 heavy (non-hydrogen) atoms. The molecule has 0 amide bonds. The Hall–Kier alpha value is -1.06. The lowest BCUT2D eigenvalue weighted by atomic mass is 9.85. The van der Waals surface area contributed by atoms with E-state index < -0.39 is 0 Å². The second-order valence-electron chi connectivity index (χ2n) is 6.88. The van der Waals surface area contributed by atoms with Gasteiger partial charge in [-0.3, -0.25) is 4.90 Å². The van der Waals surface area contributed by atoms with Gasteiger partial charge in [0.2, 0.25) is 0 Å². The van der Waals surface area contributed by atoms with E-state index in [2.05, 4.69) is 44.7 Å². The summed E-state index contributed by atoms with van der Waals surface area (Å²) in [6, 6.07) is 8.15. The molecule has 1 fully saturated rings. The van der Waals surface area contributed by atoms with Gasteiger partial charge in [0.15, 0.2) is 0 Å². The second-order valence-corrected chi connectivity index (χ2v) is 6.88.